The number of ether oxygens (including phenoxy) is 1. The van der Waals surface area contributed by atoms with E-state index in [0.29, 0.717) is 5.92 Å². The van der Waals surface area contributed by atoms with Gasteiger partial charge in [-0.25, -0.2) is 0 Å². The van der Waals surface area contributed by atoms with Gasteiger partial charge in [0, 0.05) is 6.42 Å². The molecule has 0 N–H and O–H groups in total. The van der Waals surface area contributed by atoms with Crippen LogP contribution in [0.1, 0.15) is 46.0 Å². The third-order valence-electron chi connectivity index (χ3n) is 2.92. The fraction of sp³-hybridized carbons (Fsp3) is 0.818. The van der Waals surface area contributed by atoms with Crippen molar-refractivity contribution in [1.29, 1.82) is 0 Å². The molecule has 14 heavy (non-hydrogen) atoms. The van der Waals surface area contributed by atoms with Crippen LogP contribution in [0.5, 0.6) is 0 Å². The molecule has 1 fully saturated rings. The lowest BCUT2D eigenvalue weighted by molar-refractivity contribution is -0.164. The van der Waals surface area contributed by atoms with Gasteiger partial charge in [-0.1, -0.05) is 26.7 Å². The summed E-state index contributed by atoms with van der Waals surface area (Å²) in [6.45, 7) is 3.75. The van der Waals surface area contributed by atoms with E-state index in [1.54, 1.807) is 6.92 Å². The average Bonchev–Trinajstić information content (AvgIpc) is 2.18. The molecule has 80 valence electrons. The number of rotatable bonds is 2. The van der Waals surface area contributed by atoms with E-state index in [9.17, 15) is 9.59 Å². The molecule has 0 aliphatic heterocycles. The first-order valence-corrected chi connectivity index (χ1v) is 5.39. The Kier molecular flexibility index (Phi) is 4.11. The molecule has 0 bridgehead atoms. The van der Waals surface area contributed by atoms with Gasteiger partial charge in [-0.15, -0.1) is 0 Å². The van der Waals surface area contributed by atoms with Crippen LogP contribution in [0.3, 0.4) is 0 Å². The molecule has 2 atom stereocenters. The lowest BCUT2D eigenvalue weighted by Gasteiger charge is -2.26. The zero-order valence-electron chi connectivity index (χ0n) is 8.91. The standard InChI is InChI=1S/C11H18O3/c1-3-10(12)14-11(13)9-7-5-4-6-8(9)2/h8-9H,3-7H2,1-2H3. The van der Waals surface area contributed by atoms with Crippen LogP contribution in [0.2, 0.25) is 0 Å². The van der Waals surface area contributed by atoms with Crippen molar-refractivity contribution in [3.05, 3.63) is 0 Å². The highest BCUT2D eigenvalue weighted by Gasteiger charge is 2.29. The largest absolute Gasteiger partial charge is 0.393 e. The zero-order chi connectivity index (χ0) is 10.6. The summed E-state index contributed by atoms with van der Waals surface area (Å²) in [6, 6.07) is 0. The van der Waals surface area contributed by atoms with Gasteiger partial charge in [-0.2, -0.15) is 0 Å². The van der Waals surface area contributed by atoms with Gasteiger partial charge in [-0.05, 0) is 18.8 Å². The minimum absolute atomic E-state index is 0.0563. The molecule has 2 unspecified atom stereocenters. The Bertz CT molecular complexity index is 223. The Balaban J connectivity index is 2.46. The van der Waals surface area contributed by atoms with Gasteiger partial charge in [-0.3, -0.25) is 9.59 Å². The molecule has 0 saturated heterocycles. The second kappa shape index (κ2) is 5.13. The Hall–Kier alpha value is -0.860. The Morgan fingerprint density at radius 3 is 2.50 bits per heavy atom. The van der Waals surface area contributed by atoms with Gasteiger partial charge in [0.05, 0.1) is 5.92 Å². The number of esters is 2. The first-order chi connectivity index (χ1) is 6.65. The minimum Gasteiger partial charge on any atom is -0.393 e. The summed E-state index contributed by atoms with van der Waals surface area (Å²) >= 11 is 0. The minimum atomic E-state index is -0.409. The first kappa shape index (κ1) is 11.2. The van der Waals surface area contributed by atoms with E-state index in [2.05, 4.69) is 6.92 Å². The van der Waals surface area contributed by atoms with Crippen molar-refractivity contribution < 1.29 is 14.3 Å². The SMILES string of the molecule is CCC(=O)OC(=O)C1CCCCC1C. The molecule has 0 aromatic rings. The van der Waals surface area contributed by atoms with Crippen molar-refractivity contribution in [2.45, 2.75) is 46.0 Å². The van der Waals surface area contributed by atoms with Crippen LogP contribution in [0.15, 0.2) is 0 Å². The first-order valence-electron chi connectivity index (χ1n) is 5.39. The molecular formula is C11H18O3. The predicted molar refractivity (Wildman–Crippen MR) is 52.5 cm³/mol. The number of hydrogen-bond donors (Lipinski definition) is 0. The summed E-state index contributed by atoms with van der Waals surface area (Å²) < 4.78 is 4.73. The molecule has 3 heteroatoms. The molecule has 3 nitrogen and oxygen atoms in total. The smallest absolute Gasteiger partial charge is 0.316 e. The van der Waals surface area contributed by atoms with Crippen LogP contribution in [0.4, 0.5) is 0 Å². The second-order valence-electron chi connectivity index (χ2n) is 4.01. The van der Waals surface area contributed by atoms with Crippen LogP contribution in [0, 0.1) is 11.8 Å². The lowest BCUT2D eigenvalue weighted by Crippen LogP contribution is -2.28. The average molecular weight is 198 g/mol. The normalized spacial score (nSPS) is 27.0. The molecule has 1 aliphatic rings. The molecule has 0 spiro atoms. The van der Waals surface area contributed by atoms with E-state index in [1.165, 1.54) is 6.42 Å². The topological polar surface area (TPSA) is 43.4 Å². The van der Waals surface area contributed by atoms with Crippen LogP contribution < -0.4 is 0 Å². The summed E-state index contributed by atoms with van der Waals surface area (Å²) in [6.07, 6.45) is 4.47. The van der Waals surface area contributed by atoms with E-state index >= 15 is 0 Å². The van der Waals surface area contributed by atoms with Gasteiger partial charge in [0.2, 0.25) is 0 Å². The Morgan fingerprint density at radius 2 is 1.93 bits per heavy atom. The third kappa shape index (κ3) is 2.82. The molecule has 0 heterocycles. The second-order valence-corrected chi connectivity index (χ2v) is 4.01. The molecule has 0 aromatic carbocycles. The van der Waals surface area contributed by atoms with Crippen molar-refractivity contribution in [2.75, 3.05) is 0 Å². The van der Waals surface area contributed by atoms with Crippen molar-refractivity contribution in [2.24, 2.45) is 11.8 Å². The van der Waals surface area contributed by atoms with Gasteiger partial charge in [0.1, 0.15) is 0 Å². The molecule has 1 rings (SSSR count). The van der Waals surface area contributed by atoms with Crippen LogP contribution in [-0.2, 0) is 14.3 Å². The summed E-state index contributed by atoms with van der Waals surface area (Å²) in [5.41, 5.74) is 0. The van der Waals surface area contributed by atoms with Crippen molar-refractivity contribution in [3.63, 3.8) is 0 Å². The fourth-order valence-corrected chi connectivity index (χ4v) is 1.93. The highest BCUT2D eigenvalue weighted by Crippen LogP contribution is 2.30. The summed E-state index contributed by atoms with van der Waals surface area (Å²) in [5, 5.41) is 0. The van der Waals surface area contributed by atoms with Crippen molar-refractivity contribution in [1.82, 2.24) is 0 Å². The van der Waals surface area contributed by atoms with Crippen LogP contribution >= 0.6 is 0 Å². The van der Waals surface area contributed by atoms with Crippen LogP contribution in [0.25, 0.3) is 0 Å². The van der Waals surface area contributed by atoms with Gasteiger partial charge < -0.3 is 4.74 Å². The quantitative estimate of drug-likeness (QED) is 0.505. The molecule has 1 saturated carbocycles. The van der Waals surface area contributed by atoms with E-state index in [1.807, 2.05) is 0 Å². The molecular weight excluding hydrogens is 180 g/mol. The van der Waals surface area contributed by atoms with Crippen molar-refractivity contribution in [3.8, 4) is 0 Å². The highest BCUT2D eigenvalue weighted by atomic mass is 16.6. The van der Waals surface area contributed by atoms with E-state index in [-0.39, 0.29) is 18.3 Å². The van der Waals surface area contributed by atoms with E-state index in [0.717, 1.165) is 19.3 Å². The van der Waals surface area contributed by atoms with Gasteiger partial charge in [0.15, 0.2) is 0 Å². The molecule has 0 aromatic heterocycles. The maximum absolute atomic E-state index is 11.5. The summed E-state index contributed by atoms with van der Waals surface area (Å²) in [4.78, 5) is 22.5. The van der Waals surface area contributed by atoms with Gasteiger partial charge in [0.25, 0.3) is 0 Å². The predicted octanol–water partition coefficient (Wildman–Crippen LogP) is 2.29. The number of hydrogen-bond acceptors (Lipinski definition) is 3. The Morgan fingerprint density at radius 1 is 1.29 bits per heavy atom. The maximum atomic E-state index is 11.5. The molecule has 1 aliphatic carbocycles. The molecule has 0 radical (unpaired) electrons. The van der Waals surface area contributed by atoms with E-state index < -0.39 is 5.97 Å². The highest BCUT2D eigenvalue weighted by molar-refractivity contribution is 5.86. The molecule has 0 amide bonds. The Labute approximate surface area is 84.8 Å². The maximum Gasteiger partial charge on any atom is 0.316 e. The summed E-state index contributed by atoms with van der Waals surface area (Å²) in [7, 11) is 0. The van der Waals surface area contributed by atoms with Gasteiger partial charge >= 0.3 is 11.9 Å². The summed E-state index contributed by atoms with van der Waals surface area (Å²) in [5.74, 6) is -0.419. The third-order valence-corrected chi connectivity index (χ3v) is 2.92. The lowest BCUT2D eigenvalue weighted by atomic mass is 9.80. The zero-order valence-corrected chi connectivity index (χ0v) is 8.91. The monoisotopic (exact) mass is 198 g/mol. The number of carbonyl (C=O) groups is 2. The van der Waals surface area contributed by atoms with Crippen LogP contribution in [-0.4, -0.2) is 11.9 Å². The van der Waals surface area contributed by atoms with E-state index in [4.69, 9.17) is 4.74 Å². The fourth-order valence-electron chi connectivity index (χ4n) is 1.93. The van der Waals surface area contributed by atoms with Crippen molar-refractivity contribution >= 4 is 11.9 Å². The number of carbonyl (C=O) groups excluding carboxylic acids is 2.